The molecule has 0 aromatic heterocycles. The first-order valence-corrected chi connectivity index (χ1v) is 8.87. The molecule has 6 heteroatoms. The van der Waals surface area contributed by atoms with E-state index in [1.54, 1.807) is 24.3 Å². The average molecular weight is 345 g/mol. The fourth-order valence-corrected chi connectivity index (χ4v) is 3.23. The third kappa shape index (κ3) is 3.31. The number of hydrogen-bond donors (Lipinski definition) is 2. The summed E-state index contributed by atoms with van der Waals surface area (Å²) in [5.41, 5.74) is 3.36. The van der Waals surface area contributed by atoms with Gasteiger partial charge in [-0.25, -0.2) is 17.9 Å². The van der Waals surface area contributed by atoms with Crippen LogP contribution in [0.1, 0.15) is 11.1 Å². The molecule has 4 nitrogen and oxygen atoms in total. The zero-order valence-electron chi connectivity index (χ0n) is 12.7. The van der Waals surface area contributed by atoms with Crippen LogP contribution in [0, 0.1) is 11.7 Å². The Bertz CT molecular complexity index is 914. The molecule has 2 aromatic carbocycles. The van der Waals surface area contributed by atoms with Crippen molar-refractivity contribution >= 4 is 21.2 Å². The van der Waals surface area contributed by atoms with Gasteiger partial charge in [-0.15, -0.1) is 0 Å². The summed E-state index contributed by atoms with van der Waals surface area (Å²) in [4.78, 5) is 0.0378. The third-order valence-corrected chi connectivity index (χ3v) is 4.84. The SMILES string of the molecule is NS(=O)(=O)c1ccc(C2=CC(CO)C=C2c2ccc(F)cc2)cc1. The number of halogens is 1. The molecule has 3 rings (SSSR count). The molecule has 0 amide bonds. The van der Waals surface area contributed by atoms with Gasteiger partial charge in [-0.2, -0.15) is 0 Å². The van der Waals surface area contributed by atoms with Crippen molar-refractivity contribution in [2.75, 3.05) is 6.61 Å². The standard InChI is InChI=1S/C18H16FNO3S/c19-15-5-1-13(2-6-15)17-9-12(11-21)10-18(17)14-3-7-16(8-4-14)24(20,22)23/h1-10,12,21H,11H2,(H2,20,22,23). The van der Waals surface area contributed by atoms with Crippen molar-refractivity contribution in [2.45, 2.75) is 4.90 Å². The van der Waals surface area contributed by atoms with Crippen molar-refractivity contribution in [2.24, 2.45) is 11.1 Å². The molecule has 1 aliphatic rings. The predicted octanol–water partition coefficient (Wildman–Crippen LogP) is 2.56. The van der Waals surface area contributed by atoms with Crippen LogP contribution in [-0.4, -0.2) is 20.1 Å². The van der Waals surface area contributed by atoms with Gasteiger partial charge in [-0.1, -0.05) is 36.4 Å². The second-order valence-corrected chi connectivity index (χ2v) is 7.14. The van der Waals surface area contributed by atoms with Gasteiger partial charge < -0.3 is 5.11 Å². The Hall–Kier alpha value is -2.28. The number of allylic oxidation sites excluding steroid dienone is 2. The Morgan fingerprint density at radius 2 is 1.38 bits per heavy atom. The summed E-state index contributed by atoms with van der Waals surface area (Å²) in [5, 5.41) is 14.6. The molecule has 1 atom stereocenters. The van der Waals surface area contributed by atoms with E-state index in [-0.39, 0.29) is 23.2 Å². The van der Waals surface area contributed by atoms with E-state index >= 15 is 0 Å². The molecule has 24 heavy (non-hydrogen) atoms. The fraction of sp³-hybridized carbons (Fsp3) is 0.111. The van der Waals surface area contributed by atoms with Crippen LogP contribution < -0.4 is 5.14 Å². The van der Waals surface area contributed by atoms with Crippen LogP contribution in [-0.2, 0) is 10.0 Å². The summed E-state index contributed by atoms with van der Waals surface area (Å²) in [6.07, 6.45) is 3.82. The highest BCUT2D eigenvalue weighted by molar-refractivity contribution is 7.89. The molecular weight excluding hydrogens is 329 g/mol. The van der Waals surface area contributed by atoms with Crippen molar-refractivity contribution in [1.29, 1.82) is 0 Å². The van der Waals surface area contributed by atoms with E-state index in [9.17, 15) is 17.9 Å². The molecule has 1 aliphatic carbocycles. The minimum absolute atomic E-state index is 0.0378. The topological polar surface area (TPSA) is 80.4 Å². The molecule has 0 bridgehead atoms. The van der Waals surface area contributed by atoms with Crippen molar-refractivity contribution < 1.29 is 17.9 Å². The lowest BCUT2D eigenvalue weighted by molar-refractivity contribution is 0.275. The quantitative estimate of drug-likeness (QED) is 0.894. The minimum atomic E-state index is -3.74. The number of nitrogens with two attached hydrogens (primary N) is 1. The molecule has 0 saturated carbocycles. The lowest BCUT2D eigenvalue weighted by atomic mass is 9.95. The van der Waals surface area contributed by atoms with E-state index < -0.39 is 10.0 Å². The molecule has 124 valence electrons. The molecule has 0 saturated heterocycles. The summed E-state index contributed by atoms with van der Waals surface area (Å²) in [7, 11) is -3.74. The first-order valence-electron chi connectivity index (χ1n) is 7.32. The summed E-state index contributed by atoms with van der Waals surface area (Å²) < 4.78 is 35.9. The lowest BCUT2D eigenvalue weighted by Crippen LogP contribution is -2.11. The maximum atomic E-state index is 13.1. The number of primary sulfonamides is 1. The first-order chi connectivity index (χ1) is 11.4. The van der Waals surface area contributed by atoms with Gasteiger partial charge in [0.1, 0.15) is 5.82 Å². The van der Waals surface area contributed by atoms with E-state index in [1.165, 1.54) is 24.3 Å². The smallest absolute Gasteiger partial charge is 0.238 e. The number of aliphatic hydroxyl groups excluding tert-OH is 1. The largest absolute Gasteiger partial charge is 0.395 e. The highest BCUT2D eigenvalue weighted by atomic mass is 32.2. The highest BCUT2D eigenvalue weighted by Crippen LogP contribution is 2.38. The number of sulfonamides is 1. The second-order valence-electron chi connectivity index (χ2n) is 5.58. The normalized spacial score (nSPS) is 17.5. The number of aliphatic hydroxyl groups is 1. The van der Waals surface area contributed by atoms with Gasteiger partial charge >= 0.3 is 0 Å². The van der Waals surface area contributed by atoms with Crippen LogP contribution in [0.2, 0.25) is 0 Å². The molecular formula is C18H16FNO3S. The lowest BCUT2D eigenvalue weighted by Gasteiger charge is -2.10. The number of hydrogen-bond acceptors (Lipinski definition) is 3. The van der Waals surface area contributed by atoms with Crippen LogP contribution in [0.25, 0.3) is 11.1 Å². The number of rotatable bonds is 4. The van der Waals surface area contributed by atoms with Crippen LogP contribution in [0.15, 0.2) is 65.6 Å². The van der Waals surface area contributed by atoms with E-state index in [4.69, 9.17) is 5.14 Å². The fourth-order valence-electron chi connectivity index (χ4n) is 2.72. The third-order valence-electron chi connectivity index (χ3n) is 3.91. The van der Waals surface area contributed by atoms with Gasteiger partial charge in [0.15, 0.2) is 0 Å². The van der Waals surface area contributed by atoms with Gasteiger partial charge in [0, 0.05) is 5.92 Å². The monoisotopic (exact) mass is 345 g/mol. The Morgan fingerprint density at radius 3 is 1.79 bits per heavy atom. The van der Waals surface area contributed by atoms with E-state index in [2.05, 4.69) is 0 Å². The Labute approximate surface area is 139 Å². The van der Waals surface area contributed by atoms with Crippen LogP contribution in [0.3, 0.4) is 0 Å². The van der Waals surface area contributed by atoms with Crippen LogP contribution in [0.5, 0.6) is 0 Å². The van der Waals surface area contributed by atoms with Crippen molar-refractivity contribution in [3.05, 3.63) is 77.6 Å². The highest BCUT2D eigenvalue weighted by Gasteiger charge is 2.20. The maximum Gasteiger partial charge on any atom is 0.238 e. The molecule has 0 spiro atoms. The van der Waals surface area contributed by atoms with E-state index in [0.717, 1.165) is 22.3 Å². The van der Waals surface area contributed by atoms with Gasteiger partial charge in [-0.05, 0) is 46.5 Å². The van der Waals surface area contributed by atoms with E-state index in [1.807, 2.05) is 12.2 Å². The van der Waals surface area contributed by atoms with Gasteiger partial charge in [0.05, 0.1) is 11.5 Å². The summed E-state index contributed by atoms with van der Waals surface area (Å²) in [6.45, 7) is -0.0382. The summed E-state index contributed by atoms with van der Waals surface area (Å²) in [6, 6.07) is 12.3. The predicted molar refractivity (Wildman–Crippen MR) is 90.7 cm³/mol. The van der Waals surface area contributed by atoms with E-state index in [0.29, 0.717) is 0 Å². The van der Waals surface area contributed by atoms with Crippen molar-refractivity contribution in [3.8, 4) is 0 Å². The zero-order chi connectivity index (χ0) is 17.3. The van der Waals surface area contributed by atoms with Gasteiger partial charge in [0.2, 0.25) is 10.0 Å². The molecule has 0 radical (unpaired) electrons. The molecule has 0 fully saturated rings. The van der Waals surface area contributed by atoms with Crippen molar-refractivity contribution in [1.82, 2.24) is 0 Å². The first kappa shape index (κ1) is 16.6. The number of benzene rings is 2. The molecule has 3 N–H and O–H groups in total. The summed E-state index contributed by atoms with van der Waals surface area (Å²) >= 11 is 0. The van der Waals surface area contributed by atoms with Crippen molar-refractivity contribution in [3.63, 3.8) is 0 Å². The molecule has 0 aliphatic heterocycles. The Balaban J connectivity index is 2.01. The minimum Gasteiger partial charge on any atom is -0.395 e. The van der Waals surface area contributed by atoms with Gasteiger partial charge in [0.25, 0.3) is 0 Å². The molecule has 2 aromatic rings. The maximum absolute atomic E-state index is 13.1. The average Bonchev–Trinajstić information content (AvgIpc) is 2.99. The Kier molecular flexibility index (Phi) is 4.36. The molecule has 1 unspecified atom stereocenters. The second kappa shape index (κ2) is 6.32. The summed E-state index contributed by atoms with van der Waals surface area (Å²) in [5.74, 6) is -0.461. The van der Waals surface area contributed by atoms with Gasteiger partial charge in [-0.3, -0.25) is 0 Å². The zero-order valence-corrected chi connectivity index (χ0v) is 13.5. The Morgan fingerprint density at radius 1 is 0.917 bits per heavy atom. The van der Waals surface area contributed by atoms with Crippen LogP contribution in [0.4, 0.5) is 4.39 Å². The van der Waals surface area contributed by atoms with Crippen LogP contribution >= 0.6 is 0 Å². The molecule has 0 heterocycles.